The van der Waals surface area contributed by atoms with E-state index >= 15 is 0 Å². The number of hydrogen-bond donors (Lipinski definition) is 1. The summed E-state index contributed by atoms with van der Waals surface area (Å²) >= 11 is 0. The average molecular weight is 197 g/mol. The number of aromatic nitrogens is 2. The minimum Gasteiger partial charge on any atom is -0.329 e. The van der Waals surface area contributed by atoms with Gasteiger partial charge in [-0.1, -0.05) is 0 Å². The molecule has 0 atom stereocenters. The molecule has 1 aromatic carbocycles. The maximum absolute atomic E-state index is 13.3. The molecule has 0 saturated heterocycles. The third kappa shape index (κ3) is 1.35. The van der Waals surface area contributed by atoms with Gasteiger partial charge in [-0.25, -0.2) is 8.78 Å². The maximum Gasteiger partial charge on any atom is 0.152 e. The minimum atomic E-state index is -0.606. The standard InChI is InChI=1S/C9H9F2N3/c10-7-3-6-5-13-14(2-1-12)9(6)8(11)4-7/h3-5H,1-2,12H2. The van der Waals surface area contributed by atoms with Crippen molar-refractivity contribution in [3.63, 3.8) is 0 Å². The highest BCUT2D eigenvalue weighted by Crippen LogP contribution is 2.18. The number of fused-ring (bicyclic) bond motifs is 1. The molecule has 0 saturated carbocycles. The molecule has 0 bridgehead atoms. The number of benzene rings is 1. The zero-order valence-corrected chi connectivity index (χ0v) is 7.37. The van der Waals surface area contributed by atoms with E-state index in [2.05, 4.69) is 5.10 Å². The summed E-state index contributed by atoms with van der Waals surface area (Å²) in [6.45, 7) is 0.791. The van der Waals surface area contributed by atoms with Gasteiger partial charge in [-0.3, -0.25) is 4.68 Å². The second-order valence-electron chi connectivity index (χ2n) is 2.98. The smallest absolute Gasteiger partial charge is 0.152 e. The summed E-state index contributed by atoms with van der Waals surface area (Å²) in [7, 11) is 0. The molecule has 3 nitrogen and oxygen atoms in total. The van der Waals surface area contributed by atoms with Crippen LogP contribution in [0.3, 0.4) is 0 Å². The van der Waals surface area contributed by atoms with E-state index in [0.717, 1.165) is 6.07 Å². The first kappa shape index (κ1) is 9.08. The van der Waals surface area contributed by atoms with E-state index in [1.807, 2.05) is 0 Å². The fourth-order valence-corrected chi connectivity index (χ4v) is 1.44. The summed E-state index contributed by atoms with van der Waals surface area (Å²) in [5.74, 6) is -1.20. The van der Waals surface area contributed by atoms with Gasteiger partial charge in [-0.2, -0.15) is 5.10 Å². The van der Waals surface area contributed by atoms with Gasteiger partial charge >= 0.3 is 0 Å². The van der Waals surface area contributed by atoms with Gasteiger partial charge in [0.25, 0.3) is 0 Å². The van der Waals surface area contributed by atoms with Crippen LogP contribution in [0.25, 0.3) is 10.9 Å². The largest absolute Gasteiger partial charge is 0.329 e. The molecule has 0 fully saturated rings. The highest BCUT2D eigenvalue weighted by Gasteiger charge is 2.09. The molecule has 0 spiro atoms. The second-order valence-corrected chi connectivity index (χ2v) is 2.98. The van der Waals surface area contributed by atoms with Crippen LogP contribution < -0.4 is 5.73 Å². The molecule has 14 heavy (non-hydrogen) atoms. The lowest BCUT2D eigenvalue weighted by molar-refractivity contribution is 0.576. The van der Waals surface area contributed by atoms with Gasteiger partial charge in [-0.05, 0) is 6.07 Å². The van der Waals surface area contributed by atoms with Crippen molar-refractivity contribution in [1.82, 2.24) is 9.78 Å². The first-order valence-corrected chi connectivity index (χ1v) is 4.23. The molecule has 2 rings (SSSR count). The van der Waals surface area contributed by atoms with Crippen LogP contribution in [0.15, 0.2) is 18.3 Å². The molecule has 0 amide bonds. The summed E-state index contributed by atoms with van der Waals surface area (Å²) in [6, 6.07) is 2.09. The number of nitrogens with zero attached hydrogens (tertiary/aromatic N) is 2. The molecule has 0 aliphatic rings. The van der Waals surface area contributed by atoms with Crippen LogP contribution in [0.5, 0.6) is 0 Å². The van der Waals surface area contributed by atoms with Crippen molar-refractivity contribution in [2.45, 2.75) is 6.54 Å². The van der Waals surface area contributed by atoms with Gasteiger partial charge in [0.2, 0.25) is 0 Å². The van der Waals surface area contributed by atoms with Crippen molar-refractivity contribution in [3.05, 3.63) is 30.0 Å². The van der Waals surface area contributed by atoms with Gasteiger partial charge in [0.1, 0.15) is 11.3 Å². The highest BCUT2D eigenvalue weighted by atomic mass is 19.1. The molecular formula is C9H9F2N3. The van der Waals surface area contributed by atoms with E-state index in [1.165, 1.54) is 16.9 Å². The van der Waals surface area contributed by atoms with E-state index in [4.69, 9.17) is 5.73 Å². The van der Waals surface area contributed by atoms with E-state index in [9.17, 15) is 8.78 Å². The number of halogens is 2. The van der Waals surface area contributed by atoms with Crippen LogP contribution in [-0.4, -0.2) is 16.3 Å². The lowest BCUT2D eigenvalue weighted by Crippen LogP contribution is -2.11. The van der Waals surface area contributed by atoms with Crippen molar-refractivity contribution in [3.8, 4) is 0 Å². The van der Waals surface area contributed by atoms with Gasteiger partial charge in [0.05, 0.1) is 12.7 Å². The number of rotatable bonds is 2. The summed E-state index contributed by atoms with van der Waals surface area (Å²) in [5.41, 5.74) is 5.64. The maximum atomic E-state index is 13.3. The molecule has 0 aliphatic heterocycles. The van der Waals surface area contributed by atoms with Crippen LogP contribution in [0.1, 0.15) is 0 Å². The quantitative estimate of drug-likeness (QED) is 0.787. The van der Waals surface area contributed by atoms with Crippen molar-refractivity contribution in [2.75, 3.05) is 6.54 Å². The number of nitrogens with two attached hydrogens (primary N) is 1. The Morgan fingerprint density at radius 1 is 1.36 bits per heavy atom. The fourth-order valence-electron chi connectivity index (χ4n) is 1.44. The first-order valence-electron chi connectivity index (χ1n) is 4.23. The normalized spacial score (nSPS) is 11.1. The molecule has 2 N–H and O–H groups in total. The van der Waals surface area contributed by atoms with Crippen LogP contribution in [0.4, 0.5) is 8.78 Å². The predicted octanol–water partition coefficient (Wildman–Crippen LogP) is 1.27. The Morgan fingerprint density at radius 3 is 2.86 bits per heavy atom. The lowest BCUT2D eigenvalue weighted by atomic mass is 10.2. The Bertz CT molecular complexity index is 464. The van der Waals surface area contributed by atoms with Crippen LogP contribution >= 0.6 is 0 Å². The van der Waals surface area contributed by atoms with E-state index in [1.54, 1.807) is 0 Å². The molecule has 74 valence electrons. The van der Waals surface area contributed by atoms with Crippen molar-refractivity contribution < 1.29 is 8.78 Å². The molecule has 5 heteroatoms. The third-order valence-electron chi connectivity index (χ3n) is 1.99. The zero-order valence-electron chi connectivity index (χ0n) is 7.37. The summed E-state index contributed by atoms with van der Waals surface area (Å²) in [6.07, 6.45) is 1.43. The summed E-state index contributed by atoms with van der Waals surface area (Å²) in [4.78, 5) is 0. The van der Waals surface area contributed by atoms with Crippen LogP contribution in [0.2, 0.25) is 0 Å². The van der Waals surface area contributed by atoms with E-state index < -0.39 is 11.6 Å². The third-order valence-corrected chi connectivity index (χ3v) is 1.99. The Balaban J connectivity index is 2.66. The van der Waals surface area contributed by atoms with Gasteiger partial charge in [-0.15, -0.1) is 0 Å². The SMILES string of the molecule is NCCn1ncc2cc(F)cc(F)c21. The average Bonchev–Trinajstić information content (AvgIpc) is 2.49. The Hall–Kier alpha value is -1.49. The van der Waals surface area contributed by atoms with E-state index in [-0.39, 0.29) is 0 Å². The Labute approximate surface area is 79.1 Å². The Kier molecular flexibility index (Phi) is 2.17. The molecule has 0 radical (unpaired) electrons. The zero-order chi connectivity index (χ0) is 10.1. The van der Waals surface area contributed by atoms with Crippen LogP contribution in [-0.2, 0) is 6.54 Å². The molecule has 0 aliphatic carbocycles. The molecule has 1 aromatic heterocycles. The van der Waals surface area contributed by atoms with Gasteiger partial charge in [0.15, 0.2) is 5.82 Å². The first-order chi connectivity index (χ1) is 6.72. The molecule has 0 unspecified atom stereocenters. The Morgan fingerprint density at radius 2 is 2.14 bits per heavy atom. The van der Waals surface area contributed by atoms with E-state index in [0.29, 0.717) is 24.0 Å². The fraction of sp³-hybridized carbons (Fsp3) is 0.222. The molecular weight excluding hydrogens is 188 g/mol. The summed E-state index contributed by atoms with van der Waals surface area (Å²) < 4.78 is 27.5. The molecule has 1 heterocycles. The van der Waals surface area contributed by atoms with Gasteiger partial charge < -0.3 is 5.73 Å². The van der Waals surface area contributed by atoms with Crippen molar-refractivity contribution >= 4 is 10.9 Å². The highest BCUT2D eigenvalue weighted by molar-refractivity contribution is 5.79. The second kappa shape index (κ2) is 3.34. The van der Waals surface area contributed by atoms with Crippen molar-refractivity contribution in [2.24, 2.45) is 5.73 Å². The predicted molar refractivity (Wildman–Crippen MR) is 48.7 cm³/mol. The lowest BCUT2D eigenvalue weighted by Gasteiger charge is -2.01. The minimum absolute atomic E-state index is 0.303. The monoisotopic (exact) mass is 197 g/mol. The topological polar surface area (TPSA) is 43.8 Å². The van der Waals surface area contributed by atoms with Crippen LogP contribution in [0, 0.1) is 11.6 Å². The van der Waals surface area contributed by atoms with Crippen molar-refractivity contribution in [1.29, 1.82) is 0 Å². The van der Waals surface area contributed by atoms with Gasteiger partial charge in [0, 0.05) is 18.0 Å². The number of hydrogen-bond acceptors (Lipinski definition) is 2. The summed E-state index contributed by atoms with van der Waals surface area (Å²) in [5, 5.41) is 4.37. The molecule has 2 aromatic rings.